The molecule has 20 heavy (non-hydrogen) atoms. The van der Waals surface area contributed by atoms with Crippen molar-refractivity contribution in [1.29, 1.82) is 0 Å². The smallest absolute Gasteiger partial charge is 0.335 e. The molecule has 2 aromatic carbocycles. The van der Waals surface area contributed by atoms with E-state index in [0.29, 0.717) is 5.56 Å². The first-order valence-corrected chi connectivity index (χ1v) is 6.78. The van der Waals surface area contributed by atoms with E-state index >= 15 is 0 Å². The molecule has 3 N–H and O–H groups in total. The van der Waals surface area contributed by atoms with Crippen LogP contribution in [0.3, 0.4) is 0 Å². The van der Waals surface area contributed by atoms with Gasteiger partial charge in [-0.15, -0.1) is 0 Å². The van der Waals surface area contributed by atoms with Crippen molar-refractivity contribution in [3.8, 4) is 11.1 Å². The molecule has 1 atom stereocenters. The van der Waals surface area contributed by atoms with E-state index in [4.69, 9.17) is 10.8 Å². The van der Waals surface area contributed by atoms with Gasteiger partial charge in [-0.05, 0) is 41.7 Å². The third-order valence-corrected chi connectivity index (χ3v) is 3.42. The highest BCUT2D eigenvalue weighted by molar-refractivity contribution is 5.89. The van der Waals surface area contributed by atoms with Crippen molar-refractivity contribution in [3.05, 3.63) is 59.7 Å². The maximum Gasteiger partial charge on any atom is 0.335 e. The van der Waals surface area contributed by atoms with Crippen LogP contribution in [0.4, 0.5) is 0 Å². The van der Waals surface area contributed by atoms with Crippen LogP contribution in [0.25, 0.3) is 11.1 Å². The largest absolute Gasteiger partial charge is 0.478 e. The van der Waals surface area contributed by atoms with Crippen LogP contribution in [-0.4, -0.2) is 17.1 Å². The zero-order valence-electron chi connectivity index (χ0n) is 11.5. The fourth-order valence-electron chi connectivity index (χ4n) is 2.11. The quantitative estimate of drug-likeness (QED) is 0.875. The molecule has 0 saturated heterocycles. The lowest BCUT2D eigenvalue weighted by atomic mass is 9.99. The summed E-state index contributed by atoms with van der Waals surface area (Å²) in [6.07, 6.45) is 1.83. The first kappa shape index (κ1) is 14.3. The Bertz CT molecular complexity index is 590. The Morgan fingerprint density at radius 3 is 2.45 bits per heavy atom. The predicted octanol–water partition coefficient (Wildman–Crippen LogP) is 3.33. The Morgan fingerprint density at radius 1 is 1.15 bits per heavy atom. The van der Waals surface area contributed by atoms with Crippen molar-refractivity contribution in [2.24, 2.45) is 5.73 Å². The van der Waals surface area contributed by atoms with Gasteiger partial charge in [-0.1, -0.05) is 43.3 Å². The third-order valence-electron chi connectivity index (χ3n) is 3.42. The molecular formula is C17H19NO2. The maximum atomic E-state index is 11.0. The van der Waals surface area contributed by atoms with Crippen molar-refractivity contribution >= 4 is 5.97 Å². The van der Waals surface area contributed by atoms with E-state index in [9.17, 15) is 4.79 Å². The van der Waals surface area contributed by atoms with E-state index in [0.717, 1.165) is 24.0 Å². The van der Waals surface area contributed by atoms with Gasteiger partial charge in [-0.2, -0.15) is 0 Å². The Morgan fingerprint density at radius 2 is 1.85 bits per heavy atom. The number of hydrogen-bond donors (Lipinski definition) is 2. The van der Waals surface area contributed by atoms with E-state index in [2.05, 4.69) is 19.1 Å². The second-order valence-corrected chi connectivity index (χ2v) is 4.96. The van der Waals surface area contributed by atoms with Crippen LogP contribution in [0.1, 0.15) is 29.3 Å². The standard InChI is InChI=1S/C17H19NO2/c1-2-16(18)10-12-6-8-13(9-7-12)14-4-3-5-15(11-14)17(19)20/h3-9,11,16H,2,10,18H2,1H3,(H,19,20). The molecule has 0 fully saturated rings. The van der Waals surface area contributed by atoms with Crippen LogP contribution in [0.15, 0.2) is 48.5 Å². The fourth-order valence-corrected chi connectivity index (χ4v) is 2.11. The summed E-state index contributed by atoms with van der Waals surface area (Å²) in [5.41, 5.74) is 9.38. The zero-order valence-corrected chi connectivity index (χ0v) is 11.5. The predicted molar refractivity (Wildman–Crippen MR) is 80.8 cm³/mol. The second-order valence-electron chi connectivity index (χ2n) is 4.96. The number of carboxylic acid groups (broad SMARTS) is 1. The van der Waals surface area contributed by atoms with E-state index < -0.39 is 5.97 Å². The molecular weight excluding hydrogens is 250 g/mol. The summed E-state index contributed by atoms with van der Waals surface area (Å²) in [7, 11) is 0. The topological polar surface area (TPSA) is 63.3 Å². The van der Waals surface area contributed by atoms with Crippen LogP contribution >= 0.6 is 0 Å². The van der Waals surface area contributed by atoms with Gasteiger partial charge in [-0.25, -0.2) is 4.79 Å². The molecule has 0 aliphatic carbocycles. The van der Waals surface area contributed by atoms with Crippen LogP contribution in [-0.2, 0) is 6.42 Å². The number of aromatic carboxylic acids is 1. The van der Waals surface area contributed by atoms with E-state index in [-0.39, 0.29) is 6.04 Å². The van der Waals surface area contributed by atoms with Gasteiger partial charge in [0, 0.05) is 6.04 Å². The van der Waals surface area contributed by atoms with Gasteiger partial charge < -0.3 is 10.8 Å². The first-order chi connectivity index (χ1) is 9.60. The maximum absolute atomic E-state index is 11.0. The average Bonchev–Trinajstić information content (AvgIpc) is 2.48. The number of nitrogens with two attached hydrogens (primary N) is 1. The summed E-state index contributed by atoms with van der Waals surface area (Å²) < 4.78 is 0. The van der Waals surface area contributed by atoms with Crippen molar-refractivity contribution in [1.82, 2.24) is 0 Å². The number of benzene rings is 2. The number of carboxylic acids is 1. The van der Waals surface area contributed by atoms with E-state index in [1.54, 1.807) is 18.2 Å². The molecule has 0 radical (unpaired) electrons. The molecule has 0 aromatic heterocycles. The summed E-state index contributed by atoms with van der Waals surface area (Å²) in [5.74, 6) is -0.905. The minimum atomic E-state index is -0.905. The van der Waals surface area contributed by atoms with Crippen LogP contribution in [0.5, 0.6) is 0 Å². The molecule has 0 saturated carbocycles. The van der Waals surface area contributed by atoms with Gasteiger partial charge >= 0.3 is 5.97 Å². The summed E-state index contributed by atoms with van der Waals surface area (Å²) in [6.45, 7) is 2.08. The molecule has 2 rings (SSSR count). The molecule has 0 spiro atoms. The zero-order chi connectivity index (χ0) is 14.5. The average molecular weight is 269 g/mol. The highest BCUT2D eigenvalue weighted by Gasteiger charge is 2.05. The Kier molecular flexibility index (Phi) is 4.53. The first-order valence-electron chi connectivity index (χ1n) is 6.78. The molecule has 0 heterocycles. The highest BCUT2D eigenvalue weighted by Crippen LogP contribution is 2.21. The molecule has 0 bridgehead atoms. The molecule has 3 heteroatoms. The number of hydrogen-bond acceptors (Lipinski definition) is 2. The number of rotatable bonds is 5. The van der Waals surface area contributed by atoms with Gasteiger partial charge in [0.2, 0.25) is 0 Å². The lowest BCUT2D eigenvalue weighted by Crippen LogP contribution is -2.21. The fraction of sp³-hybridized carbons (Fsp3) is 0.235. The SMILES string of the molecule is CCC(N)Cc1ccc(-c2cccc(C(=O)O)c2)cc1. The van der Waals surface area contributed by atoms with Crippen molar-refractivity contribution in [2.45, 2.75) is 25.8 Å². The van der Waals surface area contributed by atoms with Crippen molar-refractivity contribution in [2.75, 3.05) is 0 Å². The summed E-state index contributed by atoms with van der Waals surface area (Å²) >= 11 is 0. The Hall–Kier alpha value is -2.13. The minimum Gasteiger partial charge on any atom is -0.478 e. The summed E-state index contributed by atoms with van der Waals surface area (Å²) in [4.78, 5) is 11.0. The van der Waals surface area contributed by atoms with Gasteiger partial charge in [0.1, 0.15) is 0 Å². The normalized spacial score (nSPS) is 12.1. The molecule has 0 amide bonds. The molecule has 3 nitrogen and oxygen atoms in total. The molecule has 1 unspecified atom stereocenters. The lowest BCUT2D eigenvalue weighted by molar-refractivity contribution is 0.0697. The Labute approximate surface area is 119 Å². The minimum absolute atomic E-state index is 0.191. The number of carbonyl (C=O) groups is 1. The molecule has 0 aliphatic heterocycles. The third kappa shape index (κ3) is 3.45. The van der Waals surface area contributed by atoms with Crippen LogP contribution in [0.2, 0.25) is 0 Å². The highest BCUT2D eigenvalue weighted by atomic mass is 16.4. The van der Waals surface area contributed by atoms with E-state index in [1.807, 2.05) is 18.2 Å². The van der Waals surface area contributed by atoms with E-state index in [1.165, 1.54) is 5.56 Å². The Balaban J connectivity index is 2.21. The van der Waals surface area contributed by atoms with Gasteiger partial charge in [0.15, 0.2) is 0 Å². The molecule has 0 aliphatic rings. The van der Waals surface area contributed by atoms with Crippen LogP contribution < -0.4 is 5.73 Å². The van der Waals surface area contributed by atoms with Gasteiger partial charge in [0.05, 0.1) is 5.56 Å². The molecule has 2 aromatic rings. The second kappa shape index (κ2) is 6.35. The lowest BCUT2D eigenvalue weighted by Gasteiger charge is -2.09. The monoisotopic (exact) mass is 269 g/mol. The van der Waals surface area contributed by atoms with Crippen molar-refractivity contribution < 1.29 is 9.90 Å². The van der Waals surface area contributed by atoms with Gasteiger partial charge in [-0.3, -0.25) is 0 Å². The summed E-state index contributed by atoms with van der Waals surface area (Å²) in [5, 5.41) is 9.01. The summed E-state index contributed by atoms with van der Waals surface area (Å²) in [6, 6.07) is 15.3. The van der Waals surface area contributed by atoms with Gasteiger partial charge in [0.25, 0.3) is 0 Å². The van der Waals surface area contributed by atoms with Crippen molar-refractivity contribution in [3.63, 3.8) is 0 Å². The molecule has 104 valence electrons. The van der Waals surface area contributed by atoms with Crippen LogP contribution in [0, 0.1) is 0 Å².